The van der Waals surface area contributed by atoms with Gasteiger partial charge in [0.05, 0.1) is 0 Å². The maximum atomic E-state index is 6.57. The Morgan fingerprint density at radius 2 is 1.38 bits per heavy atom. The molecule has 0 radical (unpaired) electrons. The number of fused-ring (bicyclic) bond motifs is 4. The number of hydrogen-bond donors (Lipinski definition) is 0. The SMILES string of the molecule is CC(C)c1ccc(-c2ccccc2)c(N2[CH-]N(c3[c-]c(Oc4[c-]c5c(cc4)c4ccccc4n5-c4cc(C(C)(C)C)ccn4)ccc3)c3ccccc32)c1.[Pt]. The van der Waals surface area contributed by atoms with Crippen LogP contribution in [0.15, 0.2) is 146 Å². The standard InChI is InChI=1S/C49H41N4O.Pt/c1-33(2)35-22-24-40(34-14-7-6-8-15-34)46(28-35)52-32-51(44-20-11-12-21-45(44)52)37-16-13-17-38(30-37)54-39-23-25-42-41-18-9-10-19-43(41)53(47(42)31-39)48-29-36(26-27-50-48)49(3,4)5;/h6-29,32-33H,1-5H3;/q-3;. The molecule has 0 unspecified atom stereocenters. The molecule has 6 heteroatoms. The summed E-state index contributed by atoms with van der Waals surface area (Å²) in [6.07, 6.45) is 1.90. The maximum Gasteiger partial charge on any atom is 0.135 e. The average molecular weight is 897 g/mol. The number of anilines is 4. The van der Waals surface area contributed by atoms with E-state index >= 15 is 0 Å². The van der Waals surface area contributed by atoms with Gasteiger partial charge in [-0.1, -0.05) is 113 Å². The number of hydrogen-bond acceptors (Lipinski definition) is 4. The molecular weight excluding hydrogens is 856 g/mol. The van der Waals surface area contributed by atoms with Gasteiger partial charge < -0.3 is 19.1 Å². The third-order valence-electron chi connectivity index (χ3n) is 10.3. The Morgan fingerprint density at radius 1 is 0.655 bits per heavy atom. The summed E-state index contributed by atoms with van der Waals surface area (Å²) in [7, 11) is 0. The summed E-state index contributed by atoms with van der Waals surface area (Å²) in [6, 6.07) is 56.0. The van der Waals surface area contributed by atoms with Crippen LogP contribution in [0.3, 0.4) is 0 Å². The molecule has 6 aromatic carbocycles. The number of pyridine rings is 1. The molecule has 0 spiro atoms. The first-order chi connectivity index (χ1) is 26.2. The molecule has 0 N–H and O–H groups in total. The van der Waals surface area contributed by atoms with Crippen LogP contribution < -0.4 is 14.5 Å². The summed E-state index contributed by atoms with van der Waals surface area (Å²) in [5.41, 5.74) is 11.0. The van der Waals surface area contributed by atoms with Gasteiger partial charge in [0.25, 0.3) is 0 Å². The summed E-state index contributed by atoms with van der Waals surface area (Å²) < 4.78 is 8.76. The molecule has 3 heterocycles. The maximum absolute atomic E-state index is 6.57. The Kier molecular flexibility index (Phi) is 9.61. The van der Waals surface area contributed by atoms with Gasteiger partial charge >= 0.3 is 0 Å². The molecular formula is C49H41N4OPt-3. The van der Waals surface area contributed by atoms with Gasteiger partial charge in [0.1, 0.15) is 5.82 Å². The fourth-order valence-electron chi connectivity index (χ4n) is 7.40. The minimum Gasteiger partial charge on any atom is -0.509 e. The fourth-order valence-corrected chi connectivity index (χ4v) is 7.40. The van der Waals surface area contributed by atoms with Crippen LogP contribution in [0.4, 0.5) is 22.7 Å². The molecule has 5 nitrogen and oxygen atoms in total. The van der Waals surface area contributed by atoms with E-state index in [4.69, 9.17) is 9.72 Å². The van der Waals surface area contributed by atoms with E-state index in [0.717, 1.165) is 50.4 Å². The van der Waals surface area contributed by atoms with Crippen LogP contribution in [-0.2, 0) is 26.5 Å². The molecule has 0 bridgehead atoms. The summed E-state index contributed by atoms with van der Waals surface area (Å²) >= 11 is 0. The van der Waals surface area contributed by atoms with Gasteiger partial charge in [0.15, 0.2) is 0 Å². The number of nitrogens with zero attached hydrogens (tertiary/aromatic N) is 4. The molecule has 8 aromatic rings. The van der Waals surface area contributed by atoms with Crippen LogP contribution in [0.25, 0.3) is 38.8 Å². The van der Waals surface area contributed by atoms with Crippen molar-refractivity contribution in [3.63, 3.8) is 0 Å². The van der Waals surface area contributed by atoms with Crippen molar-refractivity contribution in [1.29, 1.82) is 0 Å². The summed E-state index contributed by atoms with van der Waals surface area (Å²) in [5, 5.41) is 2.24. The van der Waals surface area contributed by atoms with Crippen LogP contribution in [0.2, 0.25) is 0 Å². The molecule has 2 aromatic heterocycles. The van der Waals surface area contributed by atoms with E-state index in [2.05, 4.69) is 189 Å². The van der Waals surface area contributed by atoms with Gasteiger partial charge in [-0.25, -0.2) is 4.98 Å². The van der Waals surface area contributed by atoms with Crippen molar-refractivity contribution in [1.82, 2.24) is 9.55 Å². The zero-order valence-electron chi connectivity index (χ0n) is 31.5. The first kappa shape index (κ1) is 36.3. The third kappa shape index (κ3) is 6.72. The van der Waals surface area contributed by atoms with Gasteiger partial charge in [-0.05, 0) is 69.8 Å². The van der Waals surface area contributed by atoms with Crippen molar-refractivity contribution >= 4 is 44.6 Å². The monoisotopic (exact) mass is 896 g/mol. The first-order valence-electron chi connectivity index (χ1n) is 18.6. The van der Waals surface area contributed by atoms with E-state index in [-0.39, 0.29) is 26.5 Å². The van der Waals surface area contributed by atoms with Crippen LogP contribution in [0, 0.1) is 18.8 Å². The smallest absolute Gasteiger partial charge is 0.135 e. The normalized spacial score (nSPS) is 12.7. The van der Waals surface area contributed by atoms with Crippen LogP contribution in [0.5, 0.6) is 11.5 Å². The second-order valence-electron chi connectivity index (χ2n) is 15.2. The van der Waals surface area contributed by atoms with Crippen molar-refractivity contribution in [3.05, 3.63) is 176 Å². The van der Waals surface area contributed by atoms with E-state index in [9.17, 15) is 0 Å². The molecule has 0 aliphatic carbocycles. The zero-order chi connectivity index (χ0) is 37.0. The minimum atomic E-state index is -0.0120. The van der Waals surface area contributed by atoms with Crippen molar-refractivity contribution in [2.75, 3.05) is 9.80 Å². The molecule has 1 aliphatic rings. The fraction of sp³-hybridized carbons (Fsp3) is 0.143. The average Bonchev–Trinajstić information content (AvgIpc) is 3.74. The molecule has 55 heavy (non-hydrogen) atoms. The Hall–Kier alpha value is -5.64. The molecule has 0 saturated heterocycles. The number of rotatable bonds is 7. The van der Waals surface area contributed by atoms with Crippen LogP contribution in [0.1, 0.15) is 51.7 Å². The predicted octanol–water partition coefficient (Wildman–Crippen LogP) is 13.1. The molecule has 0 amide bonds. The van der Waals surface area contributed by atoms with Crippen molar-refractivity contribution in [2.45, 2.75) is 46.0 Å². The molecule has 0 atom stereocenters. The van der Waals surface area contributed by atoms with E-state index in [1.165, 1.54) is 22.3 Å². The second kappa shape index (κ2) is 14.5. The van der Waals surface area contributed by atoms with Crippen LogP contribution in [-0.4, -0.2) is 9.55 Å². The van der Waals surface area contributed by atoms with Gasteiger partial charge in [0.2, 0.25) is 0 Å². The van der Waals surface area contributed by atoms with Crippen molar-refractivity contribution < 1.29 is 25.8 Å². The summed E-state index contributed by atoms with van der Waals surface area (Å²) in [4.78, 5) is 9.32. The number of ether oxygens (including phenoxy) is 1. The van der Waals surface area contributed by atoms with E-state index in [1.807, 2.05) is 24.4 Å². The third-order valence-corrected chi connectivity index (χ3v) is 10.3. The topological polar surface area (TPSA) is 33.5 Å². The van der Waals surface area contributed by atoms with Crippen molar-refractivity contribution in [3.8, 4) is 28.4 Å². The molecule has 0 saturated carbocycles. The van der Waals surface area contributed by atoms with E-state index in [0.29, 0.717) is 17.4 Å². The first-order valence-corrected chi connectivity index (χ1v) is 18.6. The van der Waals surface area contributed by atoms with Crippen molar-refractivity contribution in [2.24, 2.45) is 0 Å². The number of para-hydroxylation sites is 3. The Bertz CT molecular complexity index is 2660. The predicted molar refractivity (Wildman–Crippen MR) is 222 cm³/mol. The molecule has 0 fully saturated rings. The van der Waals surface area contributed by atoms with E-state index in [1.54, 1.807) is 0 Å². The summed E-state index contributed by atoms with van der Waals surface area (Å²) in [6.45, 7) is 13.3. The van der Waals surface area contributed by atoms with Gasteiger partial charge in [0, 0.05) is 66.9 Å². The molecule has 1 aliphatic heterocycles. The number of benzene rings is 6. The van der Waals surface area contributed by atoms with Gasteiger partial charge in [-0.15, -0.1) is 48.1 Å². The molecule has 9 rings (SSSR count). The minimum absolute atomic E-state index is 0. The number of aromatic nitrogens is 2. The Labute approximate surface area is 338 Å². The Morgan fingerprint density at radius 3 is 2.16 bits per heavy atom. The van der Waals surface area contributed by atoms with E-state index < -0.39 is 0 Å². The van der Waals surface area contributed by atoms with Gasteiger partial charge in [-0.2, -0.15) is 12.1 Å². The summed E-state index contributed by atoms with van der Waals surface area (Å²) in [5.74, 6) is 2.47. The largest absolute Gasteiger partial charge is 0.509 e. The Balaban J connectivity index is 0.00000427. The van der Waals surface area contributed by atoms with Crippen LogP contribution >= 0.6 is 0 Å². The zero-order valence-corrected chi connectivity index (χ0v) is 33.8. The quantitative estimate of drug-likeness (QED) is 0.149. The van der Waals surface area contributed by atoms with Gasteiger partial charge in [-0.3, -0.25) is 0 Å². The second-order valence-corrected chi connectivity index (χ2v) is 15.2. The molecule has 276 valence electrons.